The molecule has 2 aromatic carbocycles. The first-order valence-corrected chi connectivity index (χ1v) is 10.1. The molecule has 5 heteroatoms. The van der Waals surface area contributed by atoms with Crippen LogP contribution in [-0.4, -0.2) is 24.9 Å². The summed E-state index contributed by atoms with van der Waals surface area (Å²) in [5.74, 6) is 0.143. The third-order valence-corrected chi connectivity index (χ3v) is 5.14. The van der Waals surface area contributed by atoms with Gasteiger partial charge >= 0.3 is 0 Å². The highest BCUT2D eigenvalue weighted by Crippen LogP contribution is 2.28. The number of amides is 2. The summed E-state index contributed by atoms with van der Waals surface area (Å²) in [4.78, 5) is 26.6. The summed E-state index contributed by atoms with van der Waals surface area (Å²) in [6, 6.07) is 15.6. The predicted molar refractivity (Wildman–Crippen MR) is 113 cm³/mol. The quantitative estimate of drug-likeness (QED) is 0.653. The predicted octanol–water partition coefficient (Wildman–Crippen LogP) is 3.67. The average Bonchev–Trinajstić information content (AvgIpc) is 3.13. The SMILES string of the molecule is NCCCCCCC(=O)Nc1ccc(CC(=O)N2CCc3ccccc32)cc1. The highest BCUT2D eigenvalue weighted by Gasteiger charge is 2.23. The number of anilines is 2. The molecular weight excluding hydrogens is 350 g/mol. The van der Waals surface area contributed by atoms with Gasteiger partial charge in [0, 0.05) is 24.3 Å². The molecule has 0 bridgehead atoms. The van der Waals surface area contributed by atoms with E-state index in [2.05, 4.69) is 11.4 Å². The second-order valence-electron chi connectivity index (χ2n) is 7.30. The molecule has 0 atom stereocenters. The van der Waals surface area contributed by atoms with Crippen LogP contribution in [0.25, 0.3) is 0 Å². The van der Waals surface area contributed by atoms with E-state index >= 15 is 0 Å². The van der Waals surface area contributed by atoms with Crippen LogP contribution in [0.3, 0.4) is 0 Å². The van der Waals surface area contributed by atoms with Crippen molar-refractivity contribution >= 4 is 23.2 Å². The van der Waals surface area contributed by atoms with Crippen molar-refractivity contribution in [1.29, 1.82) is 0 Å². The van der Waals surface area contributed by atoms with Gasteiger partial charge in [0.05, 0.1) is 6.42 Å². The minimum atomic E-state index is 0.0326. The summed E-state index contributed by atoms with van der Waals surface area (Å²) in [6.07, 6.45) is 5.82. The van der Waals surface area contributed by atoms with Crippen LogP contribution in [0, 0.1) is 0 Å². The zero-order chi connectivity index (χ0) is 19.8. The maximum absolute atomic E-state index is 12.7. The summed E-state index contributed by atoms with van der Waals surface area (Å²) < 4.78 is 0. The molecule has 2 aromatic rings. The van der Waals surface area contributed by atoms with E-state index < -0.39 is 0 Å². The number of rotatable bonds is 9. The van der Waals surface area contributed by atoms with Crippen LogP contribution in [0.2, 0.25) is 0 Å². The molecule has 0 aromatic heterocycles. The number of para-hydroxylation sites is 1. The second kappa shape index (κ2) is 10.0. The average molecular weight is 380 g/mol. The van der Waals surface area contributed by atoms with Gasteiger partial charge in [-0.05, 0) is 55.1 Å². The maximum Gasteiger partial charge on any atom is 0.231 e. The van der Waals surface area contributed by atoms with Gasteiger partial charge in [-0.15, -0.1) is 0 Å². The van der Waals surface area contributed by atoms with Gasteiger partial charge in [0.15, 0.2) is 0 Å². The van der Waals surface area contributed by atoms with E-state index in [0.29, 0.717) is 19.4 Å². The van der Waals surface area contributed by atoms with Gasteiger partial charge in [-0.3, -0.25) is 9.59 Å². The van der Waals surface area contributed by atoms with Gasteiger partial charge in [-0.25, -0.2) is 0 Å². The molecular formula is C23H29N3O2. The lowest BCUT2D eigenvalue weighted by atomic mass is 10.1. The Morgan fingerprint density at radius 2 is 1.71 bits per heavy atom. The minimum Gasteiger partial charge on any atom is -0.330 e. The summed E-state index contributed by atoms with van der Waals surface area (Å²) in [5, 5.41) is 2.92. The van der Waals surface area contributed by atoms with Crippen molar-refractivity contribution in [2.45, 2.75) is 44.9 Å². The summed E-state index contributed by atoms with van der Waals surface area (Å²) in [6.45, 7) is 1.46. The number of carbonyl (C=O) groups is 2. The molecule has 3 rings (SSSR count). The third-order valence-electron chi connectivity index (χ3n) is 5.14. The van der Waals surface area contributed by atoms with Crippen molar-refractivity contribution in [1.82, 2.24) is 0 Å². The molecule has 0 aliphatic carbocycles. The monoisotopic (exact) mass is 379 g/mol. The molecule has 1 heterocycles. The van der Waals surface area contributed by atoms with Crippen molar-refractivity contribution < 1.29 is 9.59 Å². The number of carbonyl (C=O) groups excluding carboxylic acids is 2. The highest BCUT2D eigenvalue weighted by molar-refractivity contribution is 5.97. The molecule has 0 unspecified atom stereocenters. The van der Waals surface area contributed by atoms with Crippen LogP contribution in [0.15, 0.2) is 48.5 Å². The van der Waals surface area contributed by atoms with Gasteiger partial charge in [-0.1, -0.05) is 43.2 Å². The van der Waals surface area contributed by atoms with Crippen molar-refractivity contribution in [3.63, 3.8) is 0 Å². The number of hydrogen-bond acceptors (Lipinski definition) is 3. The van der Waals surface area contributed by atoms with E-state index in [9.17, 15) is 9.59 Å². The Bertz CT molecular complexity index is 802. The number of nitrogens with one attached hydrogen (secondary N) is 1. The van der Waals surface area contributed by atoms with Crippen LogP contribution in [0.4, 0.5) is 11.4 Å². The third kappa shape index (κ3) is 5.42. The maximum atomic E-state index is 12.7. The van der Waals surface area contributed by atoms with Crippen molar-refractivity contribution in [3.8, 4) is 0 Å². The number of unbranched alkanes of at least 4 members (excludes halogenated alkanes) is 3. The second-order valence-corrected chi connectivity index (χ2v) is 7.30. The number of fused-ring (bicyclic) bond motifs is 1. The number of nitrogens with zero attached hydrogens (tertiary/aromatic N) is 1. The lowest BCUT2D eigenvalue weighted by Crippen LogP contribution is -2.30. The van der Waals surface area contributed by atoms with Gasteiger partial charge in [0.25, 0.3) is 0 Å². The molecule has 1 aliphatic heterocycles. The van der Waals surface area contributed by atoms with Crippen molar-refractivity contribution in [2.24, 2.45) is 5.73 Å². The van der Waals surface area contributed by atoms with Crippen LogP contribution in [-0.2, 0) is 22.4 Å². The van der Waals surface area contributed by atoms with E-state index in [4.69, 9.17) is 5.73 Å². The topological polar surface area (TPSA) is 75.4 Å². The Balaban J connectivity index is 1.47. The molecule has 0 saturated carbocycles. The van der Waals surface area contributed by atoms with Crippen LogP contribution in [0.1, 0.15) is 43.2 Å². The van der Waals surface area contributed by atoms with Crippen molar-refractivity contribution in [3.05, 3.63) is 59.7 Å². The standard InChI is InChI=1S/C23H29N3O2/c24-15-6-2-1-3-9-22(27)25-20-12-10-18(11-13-20)17-23(28)26-16-14-19-7-4-5-8-21(19)26/h4-5,7-8,10-13H,1-3,6,9,14-17,24H2,(H,25,27). The van der Waals surface area contributed by atoms with E-state index in [1.165, 1.54) is 5.56 Å². The first-order chi connectivity index (χ1) is 13.7. The normalized spacial score (nSPS) is 12.7. The van der Waals surface area contributed by atoms with Gasteiger partial charge < -0.3 is 16.0 Å². The molecule has 3 N–H and O–H groups in total. The summed E-state index contributed by atoms with van der Waals surface area (Å²) >= 11 is 0. The van der Waals surface area contributed by atoms with Gasteiger partial charge in [0.2, 0.25) is 11.8 Å². The first kappa shape index (κ1) is 20.1. The zero-order valence-electron chi connectivity index (χ0n) is 16.3. The Hall–Kier alpha value is -2.66. The molecule has 0 spiro atoms. The Morgan fingerprint density at radius 1 is 0.964 bits per heavy atom. The van der Waals surface area contributed by atoms with Crippen LogP contribution in [0.5, 0.6) is 0 Å². The summed E-state index contributed by atoms with van der Waals surface area (Å²) in [5.41, 5.74) is 9.46. The van der Waals surface area contributed by atoms with E-state index in [1.807, 2.05) is 47.4 Å². The van der Waals surface area contributed by atoms with E-state index in [1.54, 1.807) is 0 Å². The molecule has 5 nitrogen and oxygen atoms in total. The van der Waals surface area contributed by atoms with Crippen LogP contribution >= 0.6 is 0 Å². The molecule has 0 saturated heterocycles. The fraction of sp³-hybridized carbons (Fsp3) is 0.391. The van der Waals surface area contributed by atoms with Gasteiger partial charge in [0.1, 0.15) is 0 Å². The highest BCUT2D eigenvalue weighted by atomic mass is 16.2. The number of benzene rings is 2. The lowest BCUT2D eigenvalue weighted by molar-refractivity contribution is -0.118. The first-order valence-electron chi connectivity index (χ1n) is 10.1. The Kier molecular flexibility index (Phi) is 7.20. The largest absolute Gasteiger partial charge is 0.330 e. The Labute approximate surface area is 166 Å². The minimum absolute atomic E-state index is 0.0326. The van der Waals surface area contributed by atoms with Gasteiger partial charge in [-0.2, -0.15) is 0 Å². The molecule has 148 valence electrons. The smallest absolute Gasteiger partial charge is 0.231 e. The fourth-order valence-electron chi connectivity index (χ4n) is 3.58. The van der Waals surface area contributed by atoms with Crippen LogP contribution < -0.4 is 16.0 Å². The molecule has 1 aliphatic rings. The molecule has 2 amide bonds. The summed E-state index contributed by atoms with van der Waals surface area (Å²) in [7, 11) is 0. The lowest BCUT2D eigenvalue weighted by Gasteiger charge is -2.17. The molecule has 28 heavy (non-hydrogen) atoms. The Morgan fingerprint density at radius 3 is 2.50 bits per heavy atom. The molecule has 0 fully saturated rings. The van der Waals surface area contributed by atoms with Crippen molar-refractivity contribution in [2.75, 3.05) is 23.3 Å². The zero-order valence-corrected chi connectivity index (χ0v) is 16.3. The number of hydrogen-bond donors (Lipinski definition) is 2. The van der Waals surface area contributed by atoms with E-state index in [0.717, 1.165) is 55.6 Å². The number of nitrogens with two attached hydrogens (primary N) is 1. The fourth-order valence-corrected chi connectivity index (χ4v) is 3.58. The van der Waals surface area contributed by atoms with E-state index in [-0.39, 0.29) is 11.8 Å². The molecule has 0 radical (unpaired) electrons.